The average molecular weight is 362 g/mol. The molecule has 1 N–H and O–H groups in total. The van der Waals surface area contributed by atoms with E-state index in [1.54, 1.807) is 0 Å². The van der Waals surface area contributed by atoms with Gasteiger partial charge in [-0.1, -0.05) is 11.6 Å². The van der Waals surface area contributed by atoms with Crippen LogP contribution in [0, 0.1) is 6.92 Å². The van der Waals surface area contributed by atoms with Crippen LogP contribution < -0.4 is 4.90 Å². The normalized spacial score (nSPS) is 17.5. The van der Waals surface area contributed by atoms with E-state index in [-0.39, 0.29) is 11.9 Å². The predicted molar refractivity (Wildman–Crippen MR) is 109 cm³/mol. The highest BCUT2D eigenvalue weighted by molar-refractivity contribution is 5.85. The monoisotopic (exact) mass is 362 g/mol. The fourth-order valence-corrected chi connectivity index (χ4v) is 4.00. The van der Waals surface area contributed by atoms with Crippen molar-refractivity contribution in [2.24, 2.45) is 0 Å². The zero-order valence-electron chi connectivity index (χ0n) is 16.0. The largest absolute Gasteiger partial charge is 0.368 e. The molecule has 0 bridgehead atoms. The van der Waals surface area contributed by atoms with E-state index in [1.165, 1.54) is 22.2 Å². The lowest BCUT2D eigenvalue weighted by Crippen LogP contribution is -2.54. The molecular formula is C22H26N4O. The van der Waals surface area contributed by atoms with Crippen LogP contribution in [0.4, 0.5) is 5.69 Å². The molecule has 1 saturated heterocycles. The van der Waals surface area contributed by atoms with E-state index in [0.717, 1.165) is 31.6 Å². The Morgan fingerprint density at radius 1 is 1.22 bits per heavy atom. The molecule has 1 unspecified atom stereocenters. The van der Waals surface area contributed by atoms with Crippen LogP contribution >= 0.6 is 0 Å². The molecule has 1 atom stereocenters. The molecule has 1 aromatic carbocycles. The van der Waals surface area contributed by atoms with Crippen molar-refractivity contribution in [2.75, 3.05) is 24.5 Å². The lowest BCUT2D eigenvalue weighted by Gasteiger charge is -2.41. The van der Waals surface area contributed by atoms with Crippen molar-refractivity contribution in [3.63, 3.8) is 0 Å². The van der Waals surface area contributed by atoms with Crippen molar-refractivity contribution >= 4 is 22.5 Å². The van der Waals surface area contributed by atoms with Crippen molar-refractivity contribution in [3.05, 3.63) is 60.0 Å². The van der Waals surface area contributed by atoms with E-state index in [2.05, 4.69) is 46.9 Å². The van der Waals surface area contributed by atoms with Crippen LogP contribution in [0.5, 0.6) is 0 Å². The zero-order chi connectivity index (χ0) is 18.8. The van der Waals surface area contributed by atoms with E-state index in [0.29, 0.717) is 6.42 Å². The molecule has 0 saturated carbocycles. The quantitative estimate of drug-likeness (QED) is 0.772. The number of hydrogen-bond donors (Lipinski definition) is 1. The number of aromatic amines is 1. The first-order valence-corrected chi connectivity index (χ1v) is 9.63. The van der Waals surface area contributed by atoms with E-state index in [1.807, 2.05) is 35.6 Å². The van der Waals surface area contributed by atoms with Crippen LogP contribution in [0.15, 0.2) is 48.9 Å². The SMILES string of the molecule is Cc1ccc2[nH]cc(CCC(=O)N3CCN(c4ccncc4)CC3C)c2c1. The lowest BCUT2D eigenvalue weighted by molar-refractivity contribution is -0.133. The summed E-state index contributed by atoms with van der Waals surface area (Å²) < 4.78 is 0. The number of aryl methyl sites for hydroxylation is 2. The maximum absolute atomic E-state index is 12.8. The Kier molecular flexibility index (Phi) is 4.84. The molecule has 4 rings (SSSR count). The summed E-state index contributed by atoms with van der Waals surface area (Å²) in [5, 5.41) is 1.23. The number of amides is 1. The first-order chi connectivity index (χ1) is 13.1. The molecule has 0 spiro atoms. The first-order valence-electron chi connectivity index (χ1n) is 9.63. The van der Waals surface area contributed by atoms with Gasteiger partial charge in [0.2, 0.25) is 5.91 Å². The number of carbonyl (C=O) groups is 1. The number of carbonyl (C=O) groups excluding carboxylic acids is 1. The fourth-order valence-electron chi connectivity index (χ4n) is 4.00. The van der Waals surface area contributed by atoms with Crippen LogP contribution in [0.3, 0.4) is 0 Å². The predicted octanol–water partition coefficient (Wildman–Crippen LogP) is 3.54. The number of pyridine rings is 1. The van der Waals surface area contributed by atoms with Crippen molar-refractivity contribution < 1.29 is 4.79 Å². The van der Waals surface area contributed by atoms with E-state index in [9.17, 15) is 4.79 Å². The van der Waals surface area contributed by atoms with Gasteiger partial charge in [0.25, 0.3) is 0 Å². The Morgan fingerprint density at radius 2 is 2.04 bits per heavy atom. The van der Waals surface area contributed by atoms with Gasteiger partial charge in [-0.3, -0.25) is 9.78 Å². The second-order valence-corrected chi connectivity index (χ2v) is 7.45. The third kappa shape index (κ3) is 3.68. The lowest BCUT2D eigenvalue weighted by atomic mass is 10.1. The van der Waals surface area contributed by atoms with Crippen molar-refractivity contribution in [1.29, 1.82) is 0 Å². The molecular weight excluding hydrogens is 336 g/mol. The van der Waals surface area contributed by atoms with Gasteiger partial charge in [0.05, 0.1) is 0 Å². The minimum absolute atomic E-state index is 0.213. The minimum Gasteiger partial charge on any atom is -0.368 e. The van der Waals surface area contributed by atoms with Gasteiger partial charge in [-0.05, 0) is 50.1 Å². The zero-order valence-corrected chi connectivity index (χ0v) is 16.0. The van der Waals surface area contributed by atoms with Gasteiger partial charge < -0.3 is 14.8 Å². The summed E-state index contributed by atoms with van der Waals surface area (Å²) >= 11 is 0. The number of rotatable bonds is 4. The van der Waals surface area contributed by atoms with E-state index in [4.69, 9.17) is 0 Å². The summed E-state index contributed by atoms with van der Waals surface area (Å²) in [4.78, 5) is 24.6. The third-order valence-corrected chi connectivity index (χ3v) is 5.51. The highest BCUT2D eigenvalue weighted by Gasteiger charge is 2.27. The average Bonchev–Trinajstić information content (AvgIpc) is 3.08. The molecule has 1 aliphatic rings. The van der Waals surface area contributed by atoms with Crippen LogP contribution in [-0.4, -0.2) is 46.5 Å². The molecule has 1 fully saturated rings. The summed E-state index contributed by atoms with van der Waals surface area (Å²) in [6, 6.07) is 10.7. The number of benzene rings is 1. The highest BCUT2D eigenvalue weighted by Crippen LogP contribution is 2.22. The van der Waals surface area contributed by atoms with Gasteiger partial charge in [0, 0.05) is 67.3 Å². The maximum Gasteiger partial charge on any atom is 0.223 e. The summed E-state index contributed by atoms with van der Waals surface area (Å²) in [5.41, 5.74) is 4.79. The fraction of sp³-hybridized carbons (Fsp3) is 0.364. The van der Waals surface area contributed by atoms with E-state index >= 15 is 0 Å². The molecule has 27 heavy (non-hydrogen) atoms. The molecule has 0 aliphatic carbocycles. The Labute approximate surface area is 160 Å². The second kappa shape index (κ2) is 7.43. The van der Waals surface area contributed by atoms with Crippen LogP contribution in [0.1, 0.15) is 24.5 Å². The molecule has 3 heterocycles. The molecule has 3 aromatic rings. The number of fused-ring (bicyclic) bond motifs is 1. The van der Waals surface area contributed by atoms with E-state index < -0.39 is 0 Å². The molecule has 1 aliphatic heterocycles. The number of aromatic nitrogens is 2. The Hall–Kier alpha value is -2.82. The summed E-state index contributed by atoms with van der Waals surface area (Å²) in [7, 11) is 0. The van der Waals surface area contributed by atoms with Gasteiger partial charge in [-0.15, -0.1) is 0 Å². The molecule has 1 amide bonds. The van der Waals surface area contributed by atoms with Crippen molar-refractivity contribution in [1.82, 2.24) is 14.9 Å². The number of anilines is 1. The Balaban J connectivity index is 1.38. The van der Waals surface area contributed by atoms with Crippen molar-refractivity contribution in [3.8, 4) is 0 Å². The number of nitrogens with zero attached hydrogens (tertiary/aromatic N) is 3. The number of nitrogens with one attached hydrogen (secondary N) is 1. The highest BCUT2D eigenvalue weighted by atomic mass is 16.2. The second-order valence-electron chi connectivity index (χ2n) is 7.45. The van der Waals surface area contributed by atoms with Crippen LogP contribution in [0.2, 0.25) is 0 Å². The molecule has 5 nitrogen and oxygen atoms in total. The Bertz CT molecular complexity index is 934. The summed E-state index contributed by atoms with van der Waals surface area (Å²) in [6.45, 7) is 6.75. The molecule has 0 radical (unpaired) electrons. The molecule has 5 heteroatoms. The van der Waals surface area contributed by atoms with Gasteiger partial charge in [0.15, 0.2) is 0 Å². The molecule has 140 valence electrons. The smallest absolute Gasteiger partial charge is 0.223 e. The first kappa shape index (κ1) is 17.6. The maximum atomic E-state index is 12.8. The van der Waals surface area contributed by atoms with Gasteiger partial charge in [-0.2, -0.15) is 0 Å². The third-order valence-electron chi connectivity index (χ3n) is 5.51. The number of hydrogen-bond acceptors (Lipinski definition) is 3. The molecule has 2 aromatic heterocycles. The van der Waals surface area contributed by atoms with Gasteiger partial charge in [-0.25, -0.2) is 0 Å². The number of H-pyrrole nitrogens is 1. The summed E-state index contributed by atoms with van der Waals surface area (Å²) in [5.74, 6) is 0.249. The van der Waals surface area contributed by atoms with Gasteiger partial charge in [0.1, 0.15) is 0 Å². The Morgan fingerprint density at radius 3 is 2.81 bits per heavy atom. The standard InChI is InChI=1S/C22H26N4O/c1-16-3-5-21-20(13-16)18(14-24-21)4-6-22(27)26-12-11-25(15-17(26)2)19-7-9-23-10-8-19/h3,5,7-10,13-14,17,24H,4,6,11-12,15H2,1-2H3. The van der Waals surface area contributed by atoms with Crippen molar-refractivity contribution in [2.45, 2.75) is 32.7 Å². The topological polar surface area (TPSA) is 52.2 Å². The van der Waals surface area contributed by atoms with Crippen LogP contribution in [0.25, 0.3) is 10.9 Å². The summed E-state index contributed by atoms with van der Waals surface area (Å²) in [6.07, 6.45) is 7.02. The number of piperazine rings is 1. The minimum atomic E-state index is 0.213. The van der Waals surface area contributed by atoms with Gasteiger partial charge >= 0.3 is 0 Å². The van der Waals surface area contributed by atoms with Crippen LogP contribution in [-0.2, 0) is 11.2 Å².